The van der Waals surface area contributed by atoms with Crippen molar-refractivity contribution in [1.82, 2.24) is 4.98 Å². The molecule has 3 aromatic rings. The maximum atomic E-state index is 5.60. The van der Waals surface area contributed by atoms with E-state index >= 15 is 0 Å². The molecule has 0 saturated carbocycles. The van der Waals surface area contributed by atoms with E-state index in [0.29, 0.717) is 6.54 Å². The molecular weight excluding hydrogens is 246 g/mol. The van der Waals surface area contributed by atoms with Gasteiger partial charge in [-0.25, -0.2) is 0 Å². The van der Waals surface area contributed by atoms with E-state index in [4.69, 9.17) is 5.73 Å². The Balaban J connectivity index is 1.79. The number of nitrogens with two attached hydrogens (primary N) is 1. The van der Waals surface area contributed by atoms with E-state index in [-0.39, 0.29) is 0 Å². The summed E-state index contributed by atoms with van der Waals surface area (Å²) >= 11 is 0. The lowest BCUT2D eigenvalue weighted by atomic mass is 10.1. The second-order valence-electron chi connectivity index (χ2n) is 4.75. The van der Waals surface area contributed by atoms with Crippen molar-refractivity contribution in [1.29, 1.82) is 0 Å². The molecule has 0 aliphatic carbocycles. The third-order valence-electron chi connectivity index (χ3n) is 3.39. The minimum absolute atomic E-state index is 0.586. The second kappa shape index (κ2) is 5.72. The van der Waals surface area contributed by atoms with Gasteiger partial charge in [-0.1, -0.05) is 42.5 Å². The maximum Gasteiger partial charge on any atom is 0.0722 e. The van der Waals surface area contributed by atoms with Crippen molar-refractivity contribution < 1.29 is 0 Å². The summed E-state index contributed by atoms with van der Waals surface area (Å²) in [6.07, 6.45) is 1.84. The van der Waals surface area contributed by atoms with Gasteiger partial charge in [-0.3, -0.25) is 4.98 Å². The van der Waals surface area contributed by atoms with Crippen LogP contribution in [0.1, 0.15) is 11.1 Å². The molecule has 0 amide bonds. The summed E-state index contributed by atoms with van der Waals surface area (Å²) in [5.41, 5.74) is 10.1. The molecule has 3 rings (SSSR count). The minimum Gasteiger partial charge on any atom is -0.380 e. The molecule has 3 N–H and O–H groups in total. The number of hydrogen-bond donors (Lipinski definition) is 2. The number of nitrogens with zero attached hydrogens (tertiary/aromatic N) is 1. The van der Waals surface area contributed by atoms with Crippen molar-refractivity contribution in [3.63, 3.8) is 0 Å². The average Bonchev–Trinajstić information content (AvgIpc) is 2.53. The zero-order valence-corrected chi connectivity index (χ0v) is 11.2. The standard InChI is InChI=1S/C17H17N3/c18-11-13-5-7-14(8-6-13)12-20-17-9-10-19-16-4-2-1-3-15(16)17/h1-10H,11-12,18H2,(H,19,20). The van der Waals surface area contributed by atoms with Crippen molar-refractivity contribution in [3.8, 4) is 0 Å². The molecule has 0 bridgehead atoms. The van der Waals surface area contributed by atoms with Crippen molar-refractivity contribution in [3.05, 3.63) is 71.9 Å². The van der Waals surface area contributed by atoms with Crippen LogP contribution in [-0.4, -0.2) is 4.98 Å². The molecule has 0 aliphatic rings. The number of anilines is 1. The first-order valence-corrected chi connectivity index (χ1v) is 6.72. The predicted molar refractivity (Wildman–Crippen MR) is 83.4 cm³/mol. The highest BCUT2D eigenvalue weighted by Crippen LogP contribution is 2.21. The Morgan fingerprint density at radius 2 is 1.65 bits per heavy atom. The fourth-order valence-electron chi connectivity index (χ4n) is 2.24. The molecule has 1 aromatic heterocycles. The summed E-state index contributed by atoms with van der Waals surface area (Å²) in [4.78, 5) is 4.37. The van der Waals surface area contributed by atoms with E-state index < -0.39 is 0 Å². The largest absolute Gasteiger partial charge is 0.380 e. The molecule has 0 saturated heterocycles. The molecule has 0 fully saturated rings. The van der Waals surface area contributed by atoms with Gasteiger partial charge in [-0.15, -0.1) is 0 Å². The highest BCUT2D eigenvalue weighted by molar-refractivity contribution is 5.90. The molecule has 100 valence electrons. The van der Waals surface area contributed by atoms with Gasteiger partial charge in [0.15, 0.2) is 0 Å². The molecule has 20 heavy (non-hydrogen) atoms. The first kappa shape index (κ1) is 12.6. The summed E-state index contributed by atoms with van der Waals surface area (Å²) in [7, 11) is 0. The van der Waals surface area contributed by atoms with E-state index in [2.05, 4.69) is 40.6 Å². The van der Waals surface area contributed by atoms with E-state index in [9.17, 15) is 0 Å². The lowest BCUT2D eigenvalue weighted by Crippen LogP contribution is -2.01. The third-order valence-corrected chi connectivity index (χ3v) is 3.39. The monoisotopic (exact) mass is 263 g/mol. The number of hydrogen-bond acceptors (Lipinski definition) is 3. The fraction of sp³-hybridized carbons (Fsp3) is 0.118. The van der Waals surface area contributed by atoms with Gasteiger partial charge in [0.05, 0.1) is 5.52 Å². The van der Waals surface area contributed by atoms with Gasteiger partial charge in [0, 0.05) is 30.4 Å². The fourth-order valence-corrected chi connectivity index (χ4v) is 2.24. The molecule has 2 aromatic carbocycles. The zero-order chi connectivity index (χ0) is 13.8. The highest BCUT2D eigenvalue weighted by atomic mass is 14.9. The van der Waals surface area contributed by atoms with Crippen molar-refractivity contribution in [2.75, 3.05) is 5.32 Å². The van der Waals surface area contributed by atoms with Gasteiger partial charge in [-0.2, -0.15) is 0 Å². The normalized spacial score (nSPS) is 10.7. The van der Waals surface area contributed by atoms with Gasteiger partial charge in [0.25, 0.3) is 0 Å². The Labute approximate surface area is 118 Å². The smallest absolute Gasteiger partial charge is 0.0722 e. The topological polar surface area (TPSA) is 50.9 Å². The molecule has 3 nitrogen and oxygen atoms in total. The molecular formula is C17H17N3. The van der Waals surface area contributed by atoms with Crippen LogP contribution in [0.3, 0.4) is 0 Å². The number of pyridine rings is 1. The molecule has 0 spiro atoms. The van der Waals surface area contributed by atoms with Crippen LogP contribution in [-0.2, 0) is 13.1 Å². The Bertz CT molecular complexity index is 700. The molecule has 0 unspecified atom stereocenters. The third kappa shape index (κ3) is 2.63. The minimum atomic E-state index is 0.586. The van der Waals surface area contributed by atoms with E-state index in [1.807, 2.05) is 30.5 Å². The number of benzene rings is 2. The average molecular weight is 263 g/mol. The molecule has 1 heterocycles. The first-order chi connectivity index (χ1) is 9.86. The van der Waals surface area contributed by atoms with Crippen LogP contribution in [0.15, 0.2) is 60.8 Å². The predicted octanol–water partition coefficient (Wildman–Crippen LogP) is 3.31. The lowest BCUT2D eigenvalue weighted by molar-refractivity contribution is 1.06. The number of rotatable bonds is 4. The van der Waals surface area contributed by atoms with E-state index in [0.717, 1.165) is 28.7 Å². The summed E-state index contributed by atoms with van der Waals surface area (Å²) in [5, 5.41) is 4.62. The van der Waals surface area contributed by atoms with Gasteiger partial charge in [0.1, 0.15) is 0 Å². The Morgan fingerprint density at radius 3 is 2.45 bits per heavy atom. The maximum absolute atomic E-state index is 5.60. The molecule has 3 heteroatoms. The van der Waals surface area contributed by atoms with Crippen molar-refractivity contribution >= 4 is 16.6 Å². The van der Waals surface area contributed by atoms with Crippen LogP contribution in [0.25, 0.3) is 10.9 Å². The Hall–Kier alpha value is -2.39. The van der Waals surface area contributed by atoms with Gasteiger partial charge < -0.3 is 11.1 Å². The summed E-state index contributed by atoms with van der Waals surface area (Å²) in [5.74, 6) is 0. The number of nitrogens with one attached hydrogen (secondary N) is 1. The van der Waals surface area contributed by atoms with Gasteiger partial charge in [-0.05, 0) is 23.3 Å². The second-order valence-corrected chi connectivity index (χ2v) is 4.75. The van der Waals surface area contributed by atoms with Crippen LogP contribution in [0.2, 0.25) is 0 Å². The van der Waals surface area contributed by atoms with Crippen molar-refractivity contribution in [2.45, 2.75) is 13.1 Å². The molecule has 0 atom stereocenters. The van der Waals surface area contributed by atoms with E-state index in [1.165, 1.54) is 5.56 Å². The van der Waals surface area contributed by atoms with E-state index in [1.54, 1.807) is 0 Å². The van der Waals surface area contributed by atoms with Crippen LogP contribution < -0.4 is 11.1 Å². The number of aromatic nitrogens is 1. The lowest BCUT2D eigenvalue weighted by Gasteiger charge is -2.09. The summed E-state index contributed by atoms with van der Waals surface area (Å²) < 4.78 is 0. The van der Waals surface area contributed by atoms with Crippen LogP contribution >= 0.6 is 0 Å². The van der Waals surface area contributed by atoms with Gasteiger partial charge >= 0.3 is 0 Å². The quantitative estimate of drug-likeness (QED) is 0.759. The Morgan fingerprint density at radius 1 is 0.900 bits per heavy atom. The summed E-state index contributed by atoms with van der Waals surface area (Å²) in [6, 6.07) is 18.5. The number of para-hydroxylation sites is 1. The van der Waals surface area contributed by atoms with Crippen LogP contribution in [0.5, 0.6) is 0 Å². The first-order valence-electron chi connectivity index (χ1n) is 6.72. The molecule has 0 aliphatic heterocycles. The highest BCUT2D eigenvalue weighted by Gasteiger charge is 2.01. The number of fused-ring (bicyclic) bond motifs is 1. The van der Waals surface area contributed by atoms with Crippen LogP contribution in [0, 0.1) is 0 Å². The van der Waals surface area contributed by atoms with Crippen molar-refractivity contribution in [2.24, 2.45) is 5.73 Å². The van der Waals surface area contributed by atoms with Crippen LogP contribution in [0.4, 0.5) is 5.69 Å². The summed E-state index contributed by atoms with van der Waals surface area (Å²) in [6.45, 7) is 1.38. The zero-order valence-electron chi connectivity index (χ0n) is 11.2. The SMILES string of the molecule is NCc1ccc(CNc2ccnc3ccccc23)cc1. The Kier molecular flexibility index (Phi) is 3.61. The molecule has 0 radical (unpaired) electrons. The van der Waals surface area contributed by atoms with Gasteiger partial charge in [0.2, 0.25) is 0 Å².